The van der Waals surface area contributed by atoms with Gasteiger partial charge in [0.1, 0.15) is 5.76 Å². The summed E-state index contributed by atoms with van der Waals surface area (Å²) >= 11 is 3.43. The number of rotatable bonds is 6. The van der Waals surface area contributed by atoms with E-state index in [4.69, 9.17) is 0 Å². The van der Waals surface area contributed by atoms with Crippen LogP contribution in [0.2, 0.25) is 0 Å². The van der Waals surface area contributed by atoms with Gasteiger partial charge in [-0.15, -0.1) is 0 Å². The van der Waals surface area contributed by atoms with Crippen molar-refractivity contribution >= 4 is 33.4 Å². The van der Waals surface area contributed by atoms with Crippen LogP contribution in [-0.4, -0.2) is 37.8 Å². The molecule has 1 atom stereocenters. The first-order valence-corrected chi connectivity index (χ1v) is 10.8. The lowest BCUT2D eigenvalue weighted by Gasteiger charge is -2.25. The van der Waals surface area contributed by atoms with Crippen molar-refractivity contribution in [2.45, 2.75) is 25.9 Å². The zero-order valence-corrected chi connectivity index (χ0v) is 18.6. The summed E-state index contributed by atoms with van der Waals surface area (Å²) < 4.78 is 2.82. The van der Waals surface area contributed by atoms with E-state index in [-0.39, 0.29) is 11.3 Å². The van der Waals surface area contributed by atoms with Gasteiger partial charge < -0.3 is 14.6 Å². The number of aliphatic hydroxyl groups is 1. The summed E-state index contributed by atoms with van der Waals surface area (Å²) in [5, 5.41) is 11.0. The van der Waals surface area contributed by atoms with E-state index >= 15 is 0 Å². The second kappa shape index (κ2) is 8.89. The molecule has 31 heavy (non-hydrogen) atoms. The second-order valence-electron chi connectivity index (χ2n) is 7.56. The lowest BCUT2D eigenvalue weighted by atomic mass is 9.95. The average Bonchev–Trinajstić information content (AvgIpc) is 3.37. The lowest BCUT2D eigenvalue weighted by Crippen LogP contribution is -2.31. The first-order valence-electron chi connectivity index (χ1n) is 10.0. The first kappa shape index (κ1) is 21.1. The normalized spacial score (nSPS) is 18.0. The van der Waals surface area contributed by atoms with Gasteiger partial charge in [-0.2, -0.15) is 0 Å². The van der Waals surface area contributed by atoms with Gasteiger partial charge >= 0.3 is 0 Å². The van der Waals surface area contributed by atoms with Crippen molar-refractivity contribution in [3.63, 3.8) is 0 Å². The van der Waals surface area contributed by atoms with E-state index in [1.807, 2.05) is 54.1 Å². The van der Waals surface area contributed by atoms with Crippen molar-refractivity contribution in [3.05, 3.63) is 94.0 Å². The molecule has 2 heterocycles. The van der Waals surface area contributed by atoms with E-state index in [9.17, 15) is 14.7 Å². The van der Waals surface area contributed by atoms with Gasteiger partial charge in [0, 0.05) is 35.5 Å². The quantitative estimate of drug-likeness (QED) is 0.321. The number of likely N-dealkylation sites (tertiary alicyclic amines) is 1. The summed E-state index contributed by atoms with van der Waals surface area (Å²) in [6.45, 7) is 3.01. The Balaban J connectivity index is 1.72. The maximum atomic E-state index is 13.0. The minimum absolute atomic E-state index is 0.124. The number of amides is 1. The van der Waals surface area contributed by atoms with Crippen LogP contribution in [0, 0.1) is 6.92 Å². The van der Waals surface area contributed by atoms with Crippen LogP contribution in [0.1, 0.15) is 29.2 Å². The minimum Gasteiger partial charge on any atom is -0.507 e. The van der Waals surface area contributed by atoms with E-state index in [0.717, 1.165) is 15.6 Å². The van der Waals surface area contributed by atoms with Gasteiger partial charge in [-0.05, 0) is 31.0 Å². The highest BCUT2D eigenvalue weighted by atomic mass is 79.9. The van der Waals surface area contributed by atoms with Crippen LogP contribution < -0.4 is 0 Å². The van der Waals surface area contributed by atoms with E-state index in [0.29, 0.717) is 25.1 Å². The van der Waals surface area contributed by atoms with Gasteiger partial charge in [-0.25, -0.2) is 4.98 Å². The molecular formula is C24H22BrN3O3. The van der Waals surface area contributed by atoms with E-state index in [1.54, 1.807) is 29.6 Å². The van der Waals surface area contributed by atoms with Gasteiger partial charge in [0.15, 0.2) is 0 Å². The van der Waals surface area contributed by atoms with Crippen molar-refractivity contribution < 1.29 is 14.7 Å². The van der Waals surface area contributed by atoms with Crippen molar-refractivity contribution in [1.82, 2.24) is 14.5 Å². The third-order valence-electron chi connectivity index (χ3n) is 5.43. The van der Waals surface area contributed by atoms with E-state index in [1.165, 1.54) is 0 Å². The minimum atomic E-state index is -0.659. The summed E-state index contributed by atoms with van der Waals surface area (Å²) in [7, 11) is 0. The van der Waals surface area contributed by atoms with Gasteiger partial charge in [-0.1, -0.05) is 57.9 Å². The third kappa shape index (κ3) is 4.32. The molecule has 2 aromatic carbocycles. The molecule has 1 amide bonds. The van der Waals surface area contributed by atoms with Crippen molar-refractivity contribution in [1.29, 1.82) is 0 Å². The Hall–Kier alpha value is -3.19. The summed E-state index contributed by atoms with van der Waals surface area (Å²) in [6, 6.07) is 14.1. The molecule has 1 saturated heterocycles. The van der Waals surface area contributed by atoms with E-state index in [2.05, 4.69) is 20.9 Å². The van der Waals surface area contributed by atoms with Crippen LogP contribution >= 0.6 is 15.9 Å². The van der Waals surface area contributed by atoms with Gasteiger partial charge in [0.05, 0.1) is 17.9 Å². The highest BCUT2D eigenvalue weighted by molar-refractivity contribution is 9.10. The Kier molecular flexibility index (Phi) is 6.04. The third-order valence-corrected chi connectivity index (χ3v) is 5.95. The van der Waals surface area contributed by atoms with Crippen LogP contribution in [-0.2, 0) is 16.1 Å². The molecule has 1 N–H and O–H groups in total. The largest absolute Gasteiger partial charge is 0.507 e. The Morgan fingerprint density at radius 3 is 2.42 bits per heavy atom. The zero-order valence-electron chi connectivity index (χ0n) is 17.0. The highest BCUT2D eigenvalue weighted by Crippen LogP contribution is 2.39. The van der Waals surface area contributed by atoms with Crippen LogP contribution in [0.25, 0.3) is 5.76 Å². The summed E-state index contributed by atoms with van der Waals surface area (Å²) in [5.74, 6) is -1.40. The number of aryl methyl sites for hydroxylation is 2. The van der Waals surface area contributed by atoms with Crippen LogP contribution in [0.4, 0.5) is 0 Å². The predicted octanol–water partition coefficient (Wildman–Crippen LogP) is 4.47. The number of carbonyl (C=O) groups is 2. The number of aliphatic hydroxyl groups excluding tert-OH is 1. The molecule has 1 aromatic heterocycles. The molecule has 7 heteroatoms. The molecule has 0 bridgehead atoms. The van der Waals surface area contributed by atoms with Crippen LogP contribution in [0.15, 0.2) is 77.3 Å². The topological polar surface area (TPSA) is 75.4 Å². The highest BCUT2D eigenvalue weighted by Gasteiger charge is 2.45. The second-order valence-corrected chi connectivity index (χ2v) is 8.48. The molecule has 0 spiro atoms. The number of imidazole rings is 1. The SMILES string of the molecule is Cc1ccc(C(O)=C2C(=O)C(=O)N(CCCn3ccnc3)[C@@H]2c2ccc(Br)cc2)cc1. The van der Waals surface area contributed by atoms with Gasteiger partial charge in [-0.3, -0.25) is 9.59 Å². The number of hydrogen-bond acceptors (Lipinski definition) is 4. The molecule has 0 aliphatic carbocycles. The molecule has 0 saturated carbocycles. The fraction of sp³-hybridized carbons (Fsp3) is 0.208. The standard InChI is InChI=1S/C24H22BrN3O3/c1-16-3-5-18(6-4-16)22(29)20-21(17-7-9-19(25)10-8-17)28(24(31)23(20)30)13-2-12-27-14-11-26-15-27/h3-11,14-15,21,29H,2,12-13H2,1H3/t21-/m1/s1. The maximum Gasteiger partial charge on any atom is 0.295 e. The molecule has 1 aliphatic rings. The molecule has 1 aliphatic heterocycles. The molecule has 1 fully saturated rings. The molecule has 0 unspecified atom stereocenters. The molecule has 6 nitrogen and oxygen atoms in total. The average molecular weight is 480 g/mol. The Morgan fingerprint density at radius 1 is 1.06 bits per heavy atom. The lowest BCUT2D eigenvalue weighted by molar-refractivity contribution is -0.139. The number of nitrogens with zero attached hydrogens (tertiary/aromatic N) is 3. The fourth-order valence-corrected chi connectivity index (χ4v) is 4.08. The molecule has 3 aromatic rings. The van der Waals surface area contributed by atoms with Gasteiger partial charge in [0.2, 0.25) is 0 Å². The monoisotopic (exact) mass is 479 g/mol. The maximum absolute atomic E-state index is 13.0. The Labute approximate surface area is 189 Å². The first-order chi connectivity index (χ1) is 15.0. The van der Waals surface area contributed by atoms with Crippen molar-refractivity contribution in [2.24, 2.45) is 0 Å². The summed E-state index contributed by atoms with van der Waals surface area (Å²) in [4.78, 5) is 31.5. The number of benzene rings is 2. The fourth-order valence-electron chi connectivity index (χ4n) is 3.81. The number of hydrogen-bond donors (Lipinski definition) is 1. The van der Waals surface area contributed by atoms with Crippen molar-refractivity contribution in [2.75, 3.05) is 6.54 Å². The molecule has 0 radical (unpaired) electrons. The summed E-state index contributed by atoms with van der Waals surface area (Å²) in [5.41, 5.74) is 2.46. The number of carbonyl (C=O) groups excluding carboxylic acids is 2. The van der Waals surface area contributed by atoms with Crippen LogP contribution in [0.5, 0.6) is 0 Å². The molecule has 4 rings (SSSR count). The zero-order chi connectivity index (χ0) is 22.0. The summed E-state index contributed by atoms with van der Waals surface area (Å²) in [6.07, 6.45) is 5.94. The number of Topliss-reactive ketones (excluding diaryl/α,β-unsaturated/α-hetero) is 1. The molecular weight excluding hydrogens is 458 g/mol. The Morgan fingerprint density at radius 2 is 1.77 bits per heavy atom. The van der Waals surface area contributed by atoms with Crippen molar-refractivity contribution in [3.8, 4) is 0 Å². The van der Waals surface area contributed by atoms with E-state index < -0.39 is 17.7 Å². The number of ketones is 1. The predicted molar refractivity (Wildman–Crippen MR) is 121 cm³/mol. The molecule has 158 valence electrons. The van der Waals surface area contributed by atoms with Crippen LogP contribution in [0.3, 0.4) is 0 Å². The smallest absolute Gasteiger partial charge is 0.295 e. The Bertz CT molecular complexity index is 1120. The number of halogens is 1. The van der Waals surface area contributed by atoms with Gasteiger partial charge in [0.25, 0.3) is 11.7 Å². The number of aromatic nitrogens is 2.